The molecule has 1 aliphatic carbocycles. The zero-order valence-corrected chi connectivity index (χ0v) is 11.9. The van der Waals surface area contributed by atoms with Gasteiger partial charge < -0.3 is 15.0 Å². The molecule has 0 saturated heterocycles. The summed E-state index contributed by atoms with van der Waals surface area (Å²) in [6, 6.07) is 7.83. The molecule has 2 rings (SSSR count). The number of likely N-dealkylation sites (N-methyl/N-ethyl adjacent to an activating group) is 1. The van der Waals surface area contributed by atoms with Crippen molar-refractivity contribution in [1.82, 2.24) is 10.2 Å². The van der Waals surface area contributed by atoms with Crippen molar-refractivity contribution in [3.63, 3.8) is 0 Å². The highest BCUT2D eigenvalue weighted by Gasteiger charge is 2.50. The molecule has 1 aromatic rings. The van der Waals surface area contributed by atoms with Gasteiger partial charge in [0.05, 0.1) is 12.5 Å². The molecule has 1 amide bonds. The second kappa shape index (κ2) is 5.61. The lowest BCUT2D eigenvalue weighted by Crippen LogP contribution is -2.38. The highest BCUT2D eigenvalue weighted by molar-refractivity contribution is 5.91. The molecule has 0 unspecified atom stereocenters. The quantitative estimate of drug-likeness (QED) is 0.842. The minimum atomic E-state index is -0.293. The van der Waals surface area contributed by atoms with E-state index in [1.165, 1.54) is 0 Å². The van der Waals surface area contributed by atoms with Crippen LogP contribution in [0.5, 0.6) is 5.75 Å². The number of nitrogens with zero attached hydrogens (tertiary/aromatic N) is 1. The van der Waals surface area contributed by atoms with Gasteiger partial charge in [0.25, 0.3) is 0 Å². The van der Waals surface area contributed by atoms with Gasteiger partial charge in [0.2, 0.25) is 5.91 Å². The van der Waals surface area contributed by atoms with E-state index in [1.807, 2.05) is 38.4 Å². The number of rotatable bonds is 6. The molecule has 1 fully saturated rings. The van der Waals surface area contributed by atoms with Crippen molar-refractivity contribution >= 4 is 5.91 Å². The van der Waals surface area contributed by atoms with Gasteiger partial charge in [-0.3, -0.25) is 4.79 Å². The van der Waals surface area contributed by atoms with E-state index in [2.05, 4.69) is 10.2 Å². The molecular formula is C15H22N2O2. The van der Waals surface area contributed by atoms with E-state index in [-0.39, 0.29) is 11.3 Å². The Balaban J connectivity index is 1.99. The van der Waals surface area contributed by atoms with Crippen molar-refractivity contribution in [2.45, 2.75) is 18.3 Å². The van der Waals surface area contributed by atoms with Crippen LogP contribution >= 0.6 is 0 Å². The van der Waals surface area contributed by atoms with Crippen LogP contribution in [0.15, 0.2) is 24.3 Å². The number of hydrogen-bond acceptors (Lipinski definition) is 3. The molecule has 0 spiro atoms. The van der Waals surface area contributed by atoms with E-state index >= 15 is 0 Å². The lowest BCUT2D eigenvalue weighted by atomic mass is 9.95. The molecule has 1 aliphatic rings. The lowest BCUT2D eigenvalue weighted by Gasteiger charge is -2.17. The molecule has 104 valence electrons. The molecule has 1 saturated carbocycles. The second-order valence-corrected chi connectivity index (χ2v) is 5.37. The summed E-state index contributed by atoms with van der Waals surface area (Å²) < 4.78 is 5.15. The van der Waals surface area contributed by atoms with Gasteiger partial charge in [-0.2, -0.15) is 0 Å². The maximum absolute atomic E-state index is 12.3. The number of methoxy groups -OCH3 is 1. The Morgan fingerprint density at radius 1 is 1.32 bits per heavy atom. The van der Waals surface area contributed by atoms with Gasteiger partial charge in [0.1, 0.15) is 5.75 Å². The van der Waals surface area contributed by atoms with Gasteiger partial charge in [-0.15, -0.1) is 0 Å². The Kier molecular flexibility index (Phi) is 4.10. The molecule has 0 radical (unpaired) electrons. The van der Waals surface area contributed by atoms with Crippen molar-refractivity contribution in [3.05, 3.63) is 29.8 Å². The molecule has 4 heteroatoms. The van der Waals surface area contributed by atoms with Crippen molar-refractivity contribution in [3.8, 4) is 5.75 Å². The molecule has 0 atom stereocenters. The van der Waals surface area contributed by atoms with Crippen LogP contribution in [0.25, 0.3) is 0 Å². The van der Waals surface area contributed by atoms with Crippen LogP contribution in [0.3, 0.4) is 0 Å². The molecular weight excluding hydrogens is 240 g/mol. The summed E-state index contributed by atoms with van der Waals surface area (Å²) in [5.41, 5.74) is 0.800. The number of amides is 1. The van der Waals surface area contributed by atoms with E-state index in [4.69, 9.17) is 4.74 Å². The Morgan fingerprint density at radius 2 is 1.95 bits per heavy atom. The van der Waals surface area contributed by atoms with Gasteiger partial charge in [0.15, 0.2) is 0 Å². The van der Waals surface area contributed by atoms with Crippen LogP contribution < -0.4 is 10.1 Å². The average molecular weight is 262 g/mol. The van der Waals surface area contributed by atoms with Gasteiger partial charge in [-0.05, 0) is 44.6 Å². The van der Waals surface area contributed by atoms with Crippen LogP contribution in [0.2, 0.25) is 0 Å². The highest BCUT2D eigenvalue weighted by atomic mass is 16.5. The number of carbonyl (C=O) groups excluding carboxylic acids is 1. The van der Waals surface area contributed by atoms with E-state index in [0.29, 0.717) is 6.54 Å². The fourth-order valence-corrected chi connectivity index (χ4v) is 2.24. The summed E-state index contributed by atoms with van der Waals surface area (Å²) >= 11 is 0. The third-order valence-corrected chi connectivity index (χ3v) is 3.67. The van der Waals surface area contributed by atoms with E-state index in [1.54, 1.807) is 7.11 Å². The third kappa shape index (κ3) is 3.07. The Morgan fingerprint density at radius 3 is 2.42 bits per heavy atom. The number of carbonyl (C=O) groups is 1. The highest BCUT2D eigenvalue weighted by Crippen LogP contribution is 2.48. The lowest BCUT2D eigenvalue weighted by molar-refractivity contribution is -0.123. The smallest absolute Gasteiger partial charge is 0.230 e. The Hall–Kier alpha value is -1.55. The molecule has 4 nitrogen and oxygen atoms in total. The van der Waals surface area contributed by atoms with Crippen molar-refractivity contribution < 1.29 is 9.53 Å². The number of nitrogens with one attached hydrogen (secondary N) is 1. The zero-order valence-electron chi connectivity index (χ0n) is 11.9. The molecule has 1 aromatic carbocycles. The molecule has 0 bridgehead atoms. The summed E-state index contributed by atoms with van der Waals surface area (Å²) in [6.45, 7) is 1.56. The molecule has 0 aliphatic heterocycles. The minimum absolute atomic E-state index is 0.152. The van der Waals surface area contributed by atoms with Gasteiger partial charge in [0, 0.05) is 13.1 Å². The van der Waals surface area contributed by atoms with Gasteiger partial charge >= 0.3 is 0 Å². The van der Waals surface area contributed by atoms with Gasteiger partial charge in [-0.25, -0.2) is 0 Å². The Labute approximate surface area is 114 Å². The number of benzene rings is 1. The van der Waals surface area contributed by atoms with Crippen LogP contribution in [0, 0.1) is 0 Å². The fourth-order valence-electron chi connectivity index (χ4n) is 2.24. The molecule has 19 heavy (non-hydrogen) atoms. The summed E-state index contributed by atoms with van der Waals surface area (Å²) in [5, 5.41) is 3.03. The first kappa shape index (κ1) is 13.9. The molecule has 1 N–H and O–H groups in total. The van der Waals surface area contributed by atoms with Crippen LogP contribution in [0.1, 0.15) is 18.4 Å². The Bertz CT molecular complexity index is 436. The standard InChI is InChI=1S/C15H22N2O2/c1-17(2)11-10-16-14(18)15(8-9-15)12-4-6-13(19-3)7-5-12/h4-7H,8-11H2,1-3H3,(H,16,18). The normalized spacial score (nSPS) is 16.2. The topological polar surface area (TPSA) is 41.6 Å². The SMILES string of the molecule is COc1ccc(C2(C(=O)NCCN(C)C)CC2)cc1. The summed E-state index contributed by atoms with van der Waals surface area (Å²) in [6.07, 6.45) is 1.88. The van der Waals surface area contributed by atoms with Gasteiger partial charge in [-0.1, -0.05) is 12.1 Å². The predicted octanol–water partition coefficient (Wildman–Crippen LogP) is 1.40. The van der Waals surface area contributed by atoms with Crippen LogP contribution in [-0.4, -0.2) is 45.1 Å². The summed E-state index contributed by atoms with van der Waals surface area (Å²) in [5.74, 6) is 0.979. The minimum Gasteiger partial charge on any atom is -0.497 e. The number of hydrogen-bond donors (Lipinski definition) is 1. The number of ether oxygens (including phenoxy) is 1. The largest absolute Gasteiger partial charge is 0.497 e. The van der Waals surface area contributed by atoms with Crippen molar-refractivity contribution in [2.24, 2.45) is 0 Å². The average Bonchev–Trinajstić information content (AvgIpc) is 3.20. The first-order chi connectivity index (χ1) is 9.08. The van der Waals surface area contributed by atoms with Crippen LogP contribution in [-0.2, 0) is 10.2 Å². The maximum atomic E-state index is 12.3. The van der Waals surface area contributed by atoms with Crippen molar-refractivity contribution in [2.75, 3.05) is 34.3 Å². The van der Waals surface area contributed by atoms with E-state index in [0.717, 1.165) is 30.7 Å². The summed E-state index contributed by atoms with van der Waals surface area (Å²) in [7, 11) is 5.65. The van der Waals surface area contributed by atoms with E-state index < -0.39 is 0 Å². The van der Waals surface area contributed by atoms with Crippen LogP contribution in [0.4, 0.5) is 0 Å². The first-order valence-corrected chi connectivity index (χ1v) is 6.66. The zero-order chi connectivity index (χ0) is 13.9. The molecule has 0 heterocycles. The molecule has 0 aromatic heterocycles. The first-order valence-electron chi connectivity index (χ1n) is 6.66. The second-order valence-electron chi connectivity index (χ2n) is 5.37. The summed E-state index contributed by atoms with van der Waals surface area (Å²) in [4.78, 5) is 14.4. The predicted molar refractivity (Wildman–Crippen MR) is 75.5 cm³/mol. The monoisotopic (exact) mass is 262 g/mol. The third-order valence-electron chi connectivity index (χ3n) is 3.67. The van der Waals surface area contributed by atoms with E-state index in [9.17, 15) is 4.79 Å². The van der Waals surface area contributed by atoms with Crippen molar-refractivity contribution in [1.29, 1.82) is 0 Å². The maximum Gasteiger partial charge on any atom is 0.230 e. The fraction of sp³-hybridized carbons (Fsp3) is 0.533.